The van der Waals surface area contributed by atoms with Crippen molar-refractivity contribution in [3.8, 4) is 5.75 Å². The molecule has 0 atom stereocenters. The number of hydrogen-bond donors (Lipinski definition) is 2. The van der Waals surface area contributed by atoms with Crippen molar-refractivity contribution in [2.24, 2.45) is 0 Å². The number of carbonyl (C=O) groups is 1. The molecule has 3 nitrogen and oxygen atoms in total. The van der Waals surface area contributed by atoms with Gasteiger partial charge in [0.2, 0.25) is 5.91 Å². The Morgan fingerprint density at radius 1 is 1.33 bits per heavy atom. The van der Waals surface area contributed by atoms with Gasteiger partial charge in [-0.1, -0.05) is 13.0 Å². The molecule has 0 aliphatic heterocycles. The first-order valence-corrected chi connectivity index (χ1v) is 5.07. The number of aromatic hydroxyl groups is 1. The number of benzene rings is 1. The molecular weight excluding hydrogens is 190 g/mol. The highest BCUT2D eigenvalue weighted by Crippen LogP contribution is 2.33. The molecule has 0 aliphatic carbocycles. The van der Waals surface area contributed by atoms with Gasteiger partial charge in [-0.15, -0.1) is 0 Å². The molecule has 1 aromatic rings. The van der Waals surface area contributed by atoms with Crippen LogP contribution in [0.5, 0.6) is 5.75 Å². The fourth-order valence-electron chi connectivity index (χ4n) is 1.45. The van der Waals surface area contributed by atoms with Crippen LogP contribution in [0.4, 0.5) is 5.69 Å². The van der Waals surface area contributed by atoms with Crippen molar-refractivity contribution in [1.29, 1.82) is 0 Å². The number of hydrogen-bond acceptors (Lipinski definition) is 2. The van der Waals surface area contributed by atoms with Gasteiger partial charge < -0.3 is 10.4 Å². The van der Waals surface area contributed by atoms with Crippen molar-refractivity contribution in [2.45, 2.75) is 34.1 Å². The highest BCUT2D eigenvalue weighted by atomic mass is 16.3. The van der Waals surface area contributed by atoms with Crippen molar-refractivity contribution in [3.63, 3.8) is 0 Å². The van der Waals surface area contributed by atoms with Crippen molar-refractivity contribution in [1.82, 2.24) is 0 Å². The number of nitrogens with one attached hydrogen (secondary N) is 1. The van der Waals surface area contributed by atoms with E-state index in [1.165, 1.54) is 0 Å². The maximum atomic E-state index is 11.3. The standard InChI is InChI=1S/C12H17NO2/c1-5-10(14)13-11-9(4)7(2)6-8(3)12(11)15/h6,15H,5H2,1-4H3,(H,13,14). The maximum absolute atomic E-state index is 11.3. The third kappa shape index (κ3) is 2.29. The molecule has 0 spiro atoms. The summed E-state index contributed by atoms with van der Waals surface area (Å²) in [6, 6.07) is 1.91. The first-order valence-electron chi connectivity index (χ1n) is 5.07. The predicted molar refractivity (Wildman–Crippen MR) is 61.2 cm³/mol. The van der Waals surface area contributed by atoms with Crippen LogP contribution in [0, 0.1) is 20.8 Å². The summed E-state index contributed by atoms with van der Waals surface area (Å²) >= 11 is 0. The lowest BCUT2D eigenvalue weighted by Crippen LogP contribution is -2.11. The molecule has 0 saturated carbocycles. The zero-order valence-corrected chi connectivity index (χ0v) is 9.64. The van der Waals surface area contributed by atoms with Crippen LogP contribution in [-0.2, 0) is 4.79 Å². The van der Waals surface area contributed by atoms with Crippen molar-refractivity contribution in [2.75, 3.05) is 5.32 Å². The lowest BCUT2D eigenvalue weighted by Gasteiger charge is -2.14. The SMILES string of the molecule is CCC(=O)Nc1c(C)c(C)cc(C)c1O. The molecule has 15 heavy (non-hydrogen) atoms. The van der Waals surface area contributed by atoms with Crippen LogP contribution in [0.15, 0.2) is 6.07 Å². The minimum absolute atomic E-state index is 0.0848. The van der Waals surface area contributed by atoms with Crippen LogP contribution in [-0.4, -0.2) is 11.0 Å². The van der Waals surface area contributed by atoms with E-state index < -0.39 is 0 Å². The summed E-state index contributed by atoms with van der Waals surface area (Å²) in [5.74, 6) is 0.0818. The average Bonchev–Trinajstić information content (AvgIpc) is 2.21. The number of anilines is 1. The molecule has 0 bridgehead atoms. The Morgan fingerprint density at radius 2 is 1.93 bits per heavy atom. The molecule has 2 N–H and O–H groups in total. The second kappa shape index (κ2) is 4.34. The van der Waals surface area contributed by atoms with E-state index in [0.717, 1.165) is 16.7 Å². The molecule has 0 aliphatic rings. The Balaban J connectivity index is 3.21. The van der Waals surface area contributed by atoms with Gasteiger partial charge in [-0.3, -0.25) is 4.79 Å². The highest BCUT2D eigenvalue weighted by molar-refractivity contribution is 5.93. The average molecular weight is 207 g/mol. The molecule has 0 radical (unpaired) electrons. The van der Waals surface area contributed by atoms with Gasteiger partial charge in [0.15, 0.2) is 0 Å². The van der Waals surface area contributed by atoms with Crippen LogP contribution in [0.3, 0.4) is 0 Å². The number of rotatable bonds is 2. The lowest BCUT2D eigenvalue weighted by atomic mass is 10.0. The molecule has 1 amide bonds. The van der Waals surface area contributed by atoms with E-state index in [9.17, 15) is 9.90 Å². The third-order valence-electron chi connectivity index (χ3n) is 2.60. The van der Waals surface area contributed by atoms with E-state index in [1.54, 1.807) is 6.92 Å². The molecule has 0 saturated heterocycles. The monoisotopic (exact) mass is 207 g/mol. The van der Waals surface area contributed by atoms with Crippen LogP contribution in [0.2, 0.25) is 0 Å². The largest absolute Gasteiger partial charge is 0.505 e. The van der Waals surface area contributed by atoms with Gasteiger partial charge in [-0.05, 0) is 37.5 Å². The molecular formula is C12H17NO2. The van der Waals surface area contributed by atoms with Crippen molar-refractivity contribution >= 4 is 11.6 Å². The Labute approximate surface area is 90.1 Å². The van der Waals surface area contributed by atoms with Gasteiger partial charge in [-0.2, -0.15) is 0 Å². The zero-order chi connectivity index (χ0) is 11.6. The molecule has 1 rings (SSSR count). The Morgan fingerprint density at radius 3 is 2.47 bits per heavy atom. The minimum Gasteiger partial charge on any atom is -0.505 e. The quantitative estimate of drug-likeness (QED) is 0.732. The number of amides is 1. The number of aryl methyl sites for hydroxylation is 2. The number of carbonyl (C=O) groups excluding carboxylic acids is 1. The van der Waals surface area contributed by atoms with Gasteiger partial charge in [0.1, 0.15) is 5.75 Å². The fraction of sp³-hybridized carbons (Fsp3) is 0.417. The van der Waals surface area contributed by atoms with E-state index in [1.807, 2.05) is 26.8 Å². The van der Waals surface area contributed by atoms with Gasteiger partial charge in [0.25, 0.3) is 0 Å². The predicted octanol–water partition coefficient (Wildman–Crippen LogP) is 2.67. The summed E-state index contributed by atoms with van der Waals surface area (Å²) in [7, 11) is 0. The third-order valence-corrected chi connectivity index (χ3v) is 2.60. The minimum atomic E-state index is -0.0848. The highest BCUT2D eigenvalue weighted by Gasteiger charge is 2.12. The van der Waals surface area contributed by atoms with Gasteiger partial charge in [0.05, 0.1) is 5.69 Å². The summed E-state index contributed by atoms with van der Waals surface area (Å²) in [5, 5.41) is 12.6. The molecule has 0 unspecified atom stereocenters. The Kier molecular flexibility index (Phi) is 3.35. The molecule has 1 aromatic carbocycles. The number of phenols is 1. The lowest BCUT2D eigenvalue weighted by molar-refractivity contribution is -0.115. The van der Waals surface area contributed by atoms with Crippen molar-refractivity contribution in [3.05, 3.63) is 22.8 Å². The summed E-state index contributed by atoms with van der Waals surface area (Å²) in [4.78, 5) is 11.3. The van der Waals surface area contributed by atoms with Crippen LogP contribution < -0.4 is 5.32 Å². The second-order valence-corrected chi connectivity index (χ2v) is 3.76. The van der Waals surface area contributed by atoms with Gasteiger partial charge in [-0.25, -0.2) is 0 Å². The van der Waals surface area contributed by atoms with Crippen LogP contribution in [0.1, 0.15) is 30.0 Å². The number of phenolic OH excluding ortho intramolecular Hbond substituents is 1. The first-order chi connectivity index (χ1) is 6.97. The van der Waals surface area contributed by atoms with Gasteiger partial charge in [0, 0.05) is 6.42 Å². The summed E-state index contributed by atoms with van der Waals surface area (Å²) in [6.07, 6.45) is 0.409. The molecule has 0 fully saturated rings. The van der Waals surface area contributed by atoms with Crippen molar-refractivity contribution < 1.29 is 9.90 Å². The normalized spacial score (nSPS) is 10.1. The molecule has 0 aromatic heterocycles. The van der Waals surface area contributed by atoms with Crippen LogP contribution >= 0.6 is 0 Å². The maximum Gasteiger partial charge on any atom is 0.224 e. The zero-order valence-electron chi connectivity index (χ0n) is 9.64. The fourth-order valence-corrected chi connectivity index (χ4v) is 1.45. The molecule has 0 heterocycles. The summed E-state index contributed by atoms with van der Waals surface area (Å²) in [6.45, 7) is 7.46. The molecule has 82 valence electrons. The van der Waals surface area contributed by atoms with E-state index in [0.29, 0.717) is 12.1 Å². The Hall–Kier alpha value is -1.51. The summed E-state index contributed by atoms with van der Waals surface area (Å²) in [5.41, 5.74) is 3.31. The summed E-state index contributed by atoms with van der Waals surface area (Å²) < 4.78 is 0. The van der Waals surface area contributed by atoms with Crippen LogP contribution in [0.25, 0.3) is 0 Å². The smallest absolute Gasteiger partial charge is 0.224 e. The van der Waals surface area contributed by atoms with E-state index in [-0.39, 0.29) is 11.7 Å². The second-order valence-electron chi connectivity index (χ2n) is 3.76. The molecule has 3 heteroatoms. The topological polar surface area (TPSA) is 49.3 Å². The van der Waals surface area contributed by atoms with E-state index >= 15 is 0 Å². The van der Waals surface area contributed by atoms with Gasteiger partial charge >= 0.3 is 0 Å². The Bertz CT molecular complexity index is 371. The van der Waals surface area contributed by atoms with E-state index in [2.05, 4.69) is 5.32 Å². The first kappa shape index (κ1) is 11.6. The van der Waals surface area contributed by atoms with E-state index in [4.69, 9.17) is 0 Å².